The van der Waals surface area contributed by atoms with Gasteiger partial charge in [-0.2, -0.15) is 0 Å². The highest BCUT2D eigenvalue weighted by Crippen LogP contribution is 2.01. The molecule has 0 unspecified atom stereocenters. The molecule has 0 spiro atoms. The molecule has 1 aromatic rings. The minimum absolute atomic E-state index is 0.0692. The third-order valence-corrected chi connectivity index (χ3v) is 1.89. The Morgan fingerprint density at radius 2 is 2.00 bits per heavy atom. The lowest BCUT2D eigenvalue weighted by Crippen LogP contribution is -2.18. The second-order valence-corrected chi connectivity index (χ2v) is 3.79. The highest BCUT2D eigenvalue weighted by Gasteiger charge is 1.95. The molecule has 2 nitrogen and oxygen atoms in total. The molecule has 0 aliphatic rings. The molecule has 0 atom stereocenters. The van der Waals surface area contributed by atoms with E-state index in [4.69, 9.17) is 0 Å². The number of hydrogen-bond donors (Lipinski definition) is 1. The monoisotopic (exact) mass is 293 g/mol. The minimum Gasteiger partial charge on any atom is -0.305 e. The van der Waals surface area contributed by atoms with E-state index in [1.807, 2.05) is 0 Å². The maximum absolute atomic E-state index is 12.5. The average molecular weight is 293 g/mol. The quantitative estimate of drug-likeness (QED) is 0.678. The molecule has 0 bridgehead atoms. The summed E-state index contributed by atoms with van der Waals surface area (Å²) >= 11 is 1.73. The van der Waals surface area contributed by atoms with Crippen molar-refractivity contribution in [2.45, 2.75) is 6.54 Å². The summed E-state index contributed by atoms with van der Waals surface area (Å²) in [5.41, 5.74) is 0.971. The van der Waals surface area contributed by atoms with Gasteiger partial charge in [-0.3, -0.25) is 4.79 Å². The number of hydrogen-bond acceptors (Lipinski definition) is 2. The second kappa shape index (κ2) is 5.29. The van der Waals surface area contributed by atoms with Crippen LogP contribution in [0.5, 0.6) is 0 Å². The van der Waals surface area contributed by atoms with Crippen LogP contribution in [-0.4, -0.2) is 10.3 Å². The number of carbonyl (C=O) groups excluding carboxylic acids is 1. The second-order valence-electron chi connectivity index (χ2n) is 2.59. The first-order valence-corrected chi connectivity index (χ1v) is 4.90. The zero-order valence-corrected chi connectivity index (χ0v) is 9.05. The van der Waals surface area contributed by atoms with Crippen molar-refractivity contribution in [2.75, 3.05) is 6.54 Å². The van der Waals surface area contributed by atoms with Crippen LogP contribution in [-0.2, 0) is 11.3 Å². The van der Waals surface area contributed by atoms with Crippen molar-refractivity contribution in [1.29, 1.82) is 0 Å². The van der Waals surface area contributed by atoms with E-state index in [1.54, 1.807) is 34.7 Å². The van der Waals surface area contributed by atoms with Crippen LogP contribution >= 0.6 is 22.6 Å². The smallest absolute Gasteiger partial charge is 0.206 e. The normalized spacial score (nSPS) is 10.0. The van der Waals surface area contributed by atoms with Gasteiger partial charge in [-0.1, -0.05) is 12.1 Å². The topological polar surface area (TPSA) is 29.1 Å². The Balaban J connectivity index is 2.37. The average Bonchev–Trinajstić information content (AvgIpc) is 2.08. The highest BCUT2D eigenvalue weighted by atomic mass is 127. The van der Waals surface area contributed by atoms with Crippen LogP contribution in [0.3, 0.4) is 0 Å². The van der Waals surface area contributed by atoms with Gasteiger partial charge in [-0.05, 0) is 17.7 Å². The Hall–Kier alpha value is -0.490. The van der Waals surface area contributed by atoms with Gasteiger partial charge in [0.05, 0.1) is 6.54 Å². The van der Waals surface area contributed by atoms with Crippen LogP contribution in [0.1, 0.15) is 5.56 Å². The molecule has 4 heteroatoms. The Kier molecular flexibility index (Phi) is 4.31. The maximum Gasteiger partial charge on any atom is 0.206 e. The molecule has 1 rings (SSSR count). The third kappa shape index (κ3) is 4.33. The van der Waals surface area contributed by atoms with Crippen LogP contribution in [0.2, 0.25) is 0 Å². The van der Waals surface area contributed by atoms with Gasteiger partial charge in [0.2, 0.25) is 3.79 Å². The molecule has 1 N–H and O–H groups in total. The lowest BCUT2D eigenvalue weighted by atomic mass is 10.2. The van der Waals surface area contributed by atoms with Gasteiger partial charge in [0.25, 0.3) is 0 Å². The standard InChI is InChI=1S/C9H9FINO/c10-8-3-1-7(2-4-8)5-12-6-9(11)13/h1-4,12H,5-6H2. The van der Waals surface area contributed by atoms with Crippen molar-refractivity contribution >= 4 is 26.4 Å². The Morgan fingerprint density at radius 3 is 2.54 bits per heavy atom. The summed E-state index contributed by atoms with van der Waals surface area (Å²) in [6, 6.07) is 6.20. The van der Waals surface area contributed by atoms with Gasteiger partial charge in [0, 0.05) is 29.1 Å². The van der Waals surface area contributed by atoms with Gasteiger partial charge in [-0.15, -0.1) is 0 Å². The van der Waals surface area contributed by atoms with E-state index in [0.29, 0.717) is 13.1 Å². The molecule has 0 amide bonds. The SMILES string of the molecule is O=C(I)CNCc1ccc(F)cc1. The van der Waals surface area contributed by atoms with E-state index < -0.39 is 0 Å². The Morgan fingerprint density at radius 1 is 1.38 bits per heavy atom. The van der Waals surface area contributed by atoms with Gasteiger partial charge < -0.3 is 5.32 Å². The summed E-state index contributed by atoms with van der Waals surface area (Å²) in [7, 11) is 0. The molecule has 0 saturated carbocycles. The molecular formula is C9H9FINO. The van der Waals surface area contributed by atoms with E-state index in [1.165, 1.54) is 12.1 Å². The van der Waals surface area contributed by atoms with Crippen molar-refractivity contribution in [3.05, 3.63) is 35.6 Å². The molecule has 13 heavy (non-hydrogen) atoms. The lowest BCUT2D eigenvalue weighted by Gasteiger charge is -2.01. The van der Waals surface area contributed by atoms with E-state index in [2.05, 4.69) is 5.32 Å². The summed E-state index contributed by atoms with van der Waals surface area (Å²) in [6.07, 6.45) is 0. The third-order valence-electron chi connectivity index (χ3n) is 1.51. The fourth-order valence-corrected chi connectivity index (χ4v) is 1.18. The van der Waals surface area contributed by atoms with E-state index in [0.717, 1.165) is 5.56 Å². The molecule has 1 aromatic carbocycles. The number of halogens is 2. The van der Waals surface area contributed by atoms with E-state index in [-0.39, 0.29) is 9.61 Å². The van der Waals surface area contributed by atoms with Crippen LogP contribution < -0.4 is 5.32 Å². The molecule has 0 saturated heterocycles. The van der Waals surface area contributed by atoms with Crippen LogP contribution in [0, 0.1) is 5.82 Å². The number of rotatable bonds is 4. The van der Waals surface area contributed by atoms with Gasteiger partial charge in [-0.25, -0.2) is 4.39 Å². The van der Waals surface area contributed by atoms with Crippen molar-refractivity contribution in [1.82, 2.24) is 5.32 Å². The number of carbonyl (C=O) groups is 1. The molecule has 0 heterocycles. The Bertz CT molecular complexity index is 286. The lowest BCUT2D eigenvalue weighted by molar-refractivity contribution is -0.108. The van der Waals surface area contributed by atoms with Crippen molar-refractivity contribution in [3.63, 3.8) is 0 Å². The summed E-state index contributed by atoms with van der Waals surface area (Å²) < 4.78 is 12.5. The first kappa shape index (κ1) is 10.6. The molecule has 0 radical (unpaired) electrons. The summed E-state index contributed by atoms with van der Waals surface area (Å²) in [4.78, 5) is 10.6. The fourth-order valence-electron chi connectivity index (χ4n) is 0.907. The molecule has 70 valence electrons. The zero-order chi connectivity index (χ0) is 9.68. The summed E-state index contributed by atoms with van der Waals surface area (Å²) in [5.74, 6) is -0.242. The predicted octanol–water partition coefficient (Wildman–Crippen LogP) is 1.88. The first-order chi connectivity index (χ1) is 6.18. The highest BCUT2D eigenvalue weighted by molar-refractivity contribution is 14.1. The summed E-state index contributed by atoms with van der Waals surface area (Å²) in [5, 5.41) is 2.94. The largest absolute Gasteiger partial charge is 0.305 e. The molecule has 0 fully saturated rings. The van der Waals surface area contributed by atoms with Crippen LogP contribution in [0.15, 0.2) is 24.3 Å². The molecule has 0 aromatic heterocycles. The fraction of sp³-hybridized carbons (Fsp3) is 0.222. The maximum atomic E-state index is 12.5. The predicted molar refractivity (Wildman–Crippen MR) is 57.1 cm³/mol. The van der Waals surface area contributed by atoms with Gasteiger partial charge in [0.1, 0.15) is 5.82 Å². The van der Waals surface area contributed by atoms with E-state index in [9.17, 15) is 9.18 Å². The Labute approximate surface area is 89.7 Å². The number of nitrogens with one attached hydrogen (secondary N) is 1. The van der Waals surface area contributed by atoms with Crippen molar-refractivity contribution in [2.24, 2.45) is 0 Å². The molecule has 0 aliphatic carbocycles. The van der Waals surface area contributed by atoms with E-state index >= 15 is 0 Å². The zero-order valence-electron chi connectivity index (χ0n) is 6.89. The van der Waals surface area contributed by atoms with Crippen molar-refractivity contribution in [3.8, 4) is 0 Å². The van der Waals surface area contributed by atoms with Crippen LogP contribution in [0.4, 0.5) is 4.39 Å². The number of benzene rings is 1. The molecule has 0 aliphatic heterocycles. The minimum atomic E-state index is -0.242. The first-order valence-electron chi connectivity index (χ1n) is 3.82. The van der Waals surface area contributed by atoms with Gasteiger partial charge in [0.15, 0.2) is 0 Å². The van der Waals surface area contributed by atoms with Crippen molar-refractivity contribution < 1.29 is 9.18 Å². The van der Waals surface area contributed by atoms with Crippen LogP contribution in [0.25, 0.3) is 0 Å². The van der Waals surface area contributed by atoms with Gasteiger partial charge >= 0.3 is 0 Å². The summed E-state index contributed by atoms with van der Waals surface area (Å²) in [6.45, 7) is 0.937. The molecular weight excluding hydrogens is 284 g/mol.